The van der Waals surface area contributed by atoms with Crippen LogP contribution in [0.25, 0.3) is 11.3 Å². The van der Waals surface area contributed by atoms with Crippen molar-refractivity contribution in [3.8, 4) is 17.1 Å². The number of nitrogens with one attached hydrogen (secondary N) is 1. The number of carbonyl (C=O) groups excluding carboxylic acids is 1. The van der Waals surface area contributed by atoms with Crippen LogP contribution < -0.4 is 15.1 Å². The molecule has 4 rings (SSSR count). The number of hydrogen-bond acceptors (Lipinski definition) is 6. The summed E-state index contributed by atoms with van der Waals surface area (Å²) in [4.78, 5) is 18.5. The molecular formula is C25H30N4O3S. The lowest BCUT2D eigenvalue weighted by molar-refractivity contribution is 0.159. The minimum Gasteiger partial charge on any atom is -0.493 e. The molecule has 1 saturated heterocycles. The van der Waals surface area contributed by atoms with E-state index in [4.69, 9.17) is 9.15 Å². The van der Waals surface area contributed by atoms with Gasteiger partial charge in [0.2, 0.25) is 5.89 Å². The van der Waals surface area contributed by atoms with E-state index in [1.54, 1.807) is 29.9 Å². The number of benzene rings is 2. The summed E-state index contributed by atoms with van der Waals surface area (Å²) in [5.41, 5.74) is 4.74. The predicted molar refractivity (Wildman–Crippen MR) is 132 cm³/mol. The zero-order chi connectivity index (χ0) is 22.9. The summed E-state index contributed by atoms with van der Waals surface area (Å²) >= 11 is 1.72. The maximum absolute atomic E-state index is 12.5. The van der Waals surface area contributed by atoms with E-state index in [0.717, 1.165) is 54.4 Å². The van der Waals surface area contributed by atoms with Gasteiger partial charge in [0.1, 0.15) is 5.75 Å². The standard InChI is InChI=1S/C25H30N4O3S/c1-28(25(30)27-29-14-6-3-7-15-29)21-12-10-20(11-13-21)23-18-26-24(32-23)19-33-17-16-31-22-8-4-2-5-9-22/h2,4-5,8-13,18H,3,6-7,14-17,19H2,1H3,(H,27,30). The minimum atomic E-state index is -0.125. The number of thioether (sulfide) groups is 1. The Labute approximate surface area is 199 Å². The summed E-state index contributed by atoms with van der Waals surface area (Å²) in [5.74, 6) is 3.84. The van der Waals surface area contributed by atoms with Crippen molar-refractivity contribution in [1.82, 2.24) is 15.4 Å². The zero-order valence-corrected chi connectivity index (χ0v) is 19.7. The summed E-state index contributed by atoms with van der Waals surface area (Å²) in [6.45, 7) is 2.46. The van der Waals surface area contributed by atoms with Gasteiger partial charge in [0.25, 0.3) is 0 Å². The Morgan fingerprint density at radius 2 is 1.88 bits per heavy atom. The van der Waals surface area contributed by atoms with Crippen LogP contribution in [0.3, 0.4) is 0 Å². The van der Waals surface area contributed by atoms with E-state index in [0.29, 0.717) is 18.3 Å². The van der Waals surface area contributed by atoms with Gasteiger partial charge < -0.3 is 9.15 Å². The van der Waals surface area contributed by atoms with Crippen molar-refractivity contribution in [2.75, 3.05) is 37.4 Å². The molecule has 0 aliphatic carbocycles. The van der Waals surface area contributed by atoms with E-state index in [1.807, 2.05) is 59.6 Å². The number of urea groups is 1. The minimum absolute atomic E-state index is 0.125. The summed E-state index contributed by atoms with van der Waals surface area (Å²) in [6.07, 6.45) is 5.22. The van der Waals surface area contributed by atoms with Crippen molar-refractivity contribution in [3.63, 3.8) is 0 Å². The highest BCUT2D eigenvalue weighted by molar-refractivity contribution is 7.98. The van der Waals surface area contributed by atoms with Crippen LogP contribution in [0.4, 0.5) is 10.5 Å². The van der Waals surface area contributed by atoms with Gasteiger partial charge >= 0.3 is 6.03 Å². The Bertz CT molecular complexity index is 1000. The molecule has 2 amide bonds. The number of hydrogen-bond donors (Lipinski definition) is 1. The number of hydrazine groups is 1. The first-order valence-electron chi connectivity index (χ1n) is 11.3. The second kappa shape index (κ2) is 11.8. The second-order valence-corrected chi connectivity index (χ2v) is 9.01. The molecule has 0 atom stereocenters. The van der Waals surface area contributed by atoms with E-state index < -0.39 is 0 Å². The Morgan fingerprint density at radius 1 is 1.12 bits per heavy atom. The molecule has 0 saturated carbocycles. The van der Waals surface area contributed by atoms with Crippen molar-refractivity contribution >= 4 is 23.5 Å². The third kappa shape index (κ3) is 6.76. The lowest BCUT2D eigenvalue weighted by Crippen LogP contribution is -2.49. The Kier molecular flexibility index (Phi) is 8.27. The van der Waals surface area contributed by atoms with Crippen LogP contribution in [-0.2, 0) is 5.75 Å². The number of oxazole rings is 1. The fourth-order valence-electron chi connectivity index (χ4n) is 3.59. The largest absolute Gasteiger partial charge is 0.493 e. The van der Waals surface area contributed by atoms with Gasteiger partial charge in [-0.1, -0.05) is 24.6 Å². The third-order valence-corrected chi connectivity index (χ3v) is 6.38. The fourth-order valence-corrected chi connectivity index (χ4v) is 4.24. The monoisotopic (exact) mass is 466 g/mol. The first-order chi connectivity index (χ1) is 16.2. The molecule has 0 unspecified atom stereocenters. The number of amides is 2. The lowest BCUT2D eigenvalue weighted by Gasteiger charge is -2.29. The van der Waals surface area contributed by atoms with Crippen LogP contribution in [-0.4, -0.2) is 48.5 Å². The normalized spacial score (nSPS) is 14.1. The van der Waals surface area contributed by atoms with Crippen molar-refractivity contribution in [2.45, 2.75) is 25.0 Å². The van der Waals surface area contributed by atoms with Crippen LogP contribution in [0.2, 0.25) is 0 Å². The maximum atomic E-state index is 12.5. The van der Waals surface area contributed by atoms with Crippen molar-refractivity contribution in [3.05, 3.63) is 66.7 Å². The number of rotatable bonds is 9. The molecule has 3 aromatic rings. The molecule has 0 radical (unpaired) electrons. The number of para-hydroxylation sites is 1. The highest BCUT2D eigenvalue weighted by Crippen LogP contribution is 2.25. The van der Waals surface area contributed by atoms with Gasteiger partial charge in [-0.15, -0.1) is 11.8 Å². The molecule has 1 aliphatic rings. The second-order valence-electron chi connectivity index (χ2n) is 7.90. The van der Waals surface area contributed by atoms with E-state index in [9.17, 15) is 4.79 Å². The lowest BCUT2D eigenvalue weighted by atomic mass is 10.1. The molecule has 33 heavy (non-hydrogen) atoms. The molecule has 1 aliphatic heterocycles. The first-order valence-corrected chi connectivity index (χ1v) is 12.4. The van der Waals surface area contributed by atoms with Crippen LogP contribution >= 0.6 is 11.8 Å². The van der Waals surface area contributed by atoms with Gasteiger partial charge in [-0.3, -0.25) is 10.3 Å². The van der Waals surface area contributed by atoms with Crippen molar-refractivity contribution in [1.29, 1.82) is 0 Å². The SMILES string of the molecule is CN(C(=O)NN1CCCCC1)c1ccc(-c2cnc(CSCCOc3ccccc3)o2)cc1. The number of carbonyl (C=O) groups is 1. The number of anilines is 1. The van der Waals surface area contributed by atoms with E-state index in [2.05, 4.69) is 10.4 Å². The van der Waals surface area contributed by atoms with Crippen molar-refractivity contribution in [2.24, 2.45) is 0 Å². The van der Waals surface area contributed by atoms with Gasteiger partial charge in [0.05, 0.1) is 18.6 Å². The number of ether oxygens (including phenoxy) is 1. The van der Waals surface area contributed by atoms with Gasteiger partial charge in [-0.25, -0.2) is 14.8 Å². The van der Waals surface area contributed by atoms with Gasteiger partial charge in [-0.05, 0) is 49.2 Å². The number of nitrogens with zero attached hydrogens (tertiary/aromatic N) is 3. The molecule has 7 nitrogen and oxygen atoms in total. The predicted octanol–water partition coefficient (Wildman–Crippen LogP) is 5.20. The van der Waals surface area contributed by atoms with Crippen molar-refractivity contribution < 1.29 is 13.9 Å². The Balaban J connectivity index is 1.23. The molecular weight excluding hydrogens is 436 g/mol. The molecule has 0 spiro atoms. The van der Waals surface area contributed by atoms with Crippen LogP contribution in [0.15, 0.2) is 65.2 Å². The first kappa shape index (κ1) is 23.2. The third-order valence-electron chi connectivity index (χ3n) is 5.47. The number of aromatic nitrogens is 1. The molecule has 2 aromatic carbocycles. The summed E-state index contributed by atoms with van der Waals surface area (Å²) in [7, 11) is 1.78. The summed E-state index contributed by atoms with van der Waals surface area (Å²) in [5, 5.41) is 2.00. The average Bonchev–Trinajstić information content (AvgIpc) is 3.34. The molecule has 0 bridgehead atoms. The highest BCUT2D eigenvalue weighted by Gasteiger charge is 2.17. The molecule has 1 N–H and O–H groups in total. The van der Waals surface area contributed by atoms with E-state index >= 15 is 0 Å². The Hall–Kier alpha value is -2.97. The quantitative estimate of drug-likeness (QED) is 0.437. The van der Waals surface area contributed by atoms with E-state index in [1.165, 1.54) is 6.42 Å². The average molecular weight is 467 g/mol. The zero-order valence-electron chi connectivity index (χ0n) is 18.9. The van der Waals surface area contributed by atoms with Crippen LogP contribution in [0.5, 0.6) is 5.75 Å². The van der Waals surface area contributed by atoms with Crippen LogP contribution in [0.1, 0.15) is 25.2 Å². The molecule has 174 valence electrons. The topological polar surface area (TPSA) is 70.8 Å². The van der Waals surface area contributed by atoms with Crippen LogP contribution in [0, 0.1) is 0 Å². The smallest absolute Gasteiger partial charge is 0.336 e. The summed E-state index contributed by atoms with van der Waals surface area (Å²) < 4.78 is 11.6. The highest BCUT2D eigenvalue weighted by atomic mass is 32.2. The Morgan fingerprint density at radius 3 is 2.64 bits per heavy atom. The van der Waals surface area contributed by atoms with Gasteiger partial charge in [0.15, 0.2) is 5.76 Å². The van der Waals surface area contributed by atoms with Gasteiger partial charge in [-0.2, -0.15) is 0 Å². The number of piperidine rings is 1. The molecule has 1 aromatic heterocycles. The summed E-state index contributed by atoms with van der Waals surface area (Å²) in [6, 6.07) is 17.4. The van der Waals surface area contributed by atoms with E-state index in [-0.39, 0.29) is 6.03 Å². The molecule has 1 fully saturated rings. The molecule has 2 heterocycles. The molecule has 8 heteroatoms. The maximum Gasteiger partial charge on any atom is 0.336 e. The van der Waals surface area contributed by atoms with Gasteiger partial charge in [0, 0.05) is 37.1 Å². The fraction of sp³-hybridized carbons (Fsp3) is 0.360.